The van der Waals surface area contributed by atoms with Crippen LogP contribution in [-0.4, -0.2) is 33.4 Å². The van der Waals surface area contributed by atoms with Crippen molar-refractivity contribution < 1.29 is 4.79 Å². The lowest BCUT2D eigenvalue weighted by Gasteiger charge is -2.33. The highest BCUT2D eigenvalue weighted by atomic mass is 16.2. The van der Waals surface area contributed by atoms with Crippen LogP contribution in [0, 0.1) is 13.8 Å². The summed E-state index contributed by atoms with van der Waals surface area (Å²) in [6.07, 6.45) is 3.85. The summed E-state index contributed by atoms with van der Waals surface area (Å²) in [5.41, 5.74) is 3.18. The molecule has 1 unspecified atom stereocenters. The number of aromatic amines is 1. The molecule has 0 radical (unpaired) electrons. The van der Waals surface area contributed by atoms with Crippen molar-refractivity contribution in [2.45, 2.75) is 65.6 Å². The normalized spacial score (nSPS) is 17.5. The minimum absolute atomic E-state index is 0.0414. The number of hydrogen-bond donors (Lipinski definition) is 2. The SMILES string of the molecule is Cc1nc(C)c(CC(=O)NCc2ccccc2CN2CCCCC2C)c(=O)[nH]1. The number of aryl methyl sites for hydroxylation is 2. The van der Waals surface area contributed by atoms with Gasteiger partial charge in [-0.15, -0.1) is 0 Å². The van der Waals surface area contributed by atoms with Crippen LogP contribution >= 0.6 is 0 Å². The van der Waals surface area contributed by atoms with E-state index >= 15 is 0 Å². The predicted octanol–water partition coefficient (Wildman–Crippen LogP) is 2.62. The van der Waals surface area contributed by atoms with Crippen LogP contribution in [0.15, 0.2) is 29.1 Å². The van der Waals surface area contributed by atoms with Gasteiger partial charge in [0.05, 0.1) is 6.42 Å². The lowest BCUT2D eigenvalue weighted by atomic mass is 10.0. The number of H-pyrrole nitrogens is 1. The van der Waals surface area contributed by atoms with Gasteiger partial charge in [0.1, 0.15) is 5.82 Å². The maximum absolute atomic E-state index is 12.4. The molecule has 0 aliphatic carbocycles. The third-order valence-corrected chi connectivity index (χ3v) is 5.59. The minimum Gasteiger partial charge on any atom is -0.352 e. The lowest BCUT2D eigenvalue weighted by molar-refractivity contribution is -0.120. The first-order chi connectivity index (χ1) is 13.4. The fourth-order valence-corrected chi connectivity index (χ4v) is 3.87. The third kappa shape index (κ3) is 5.07. The zero-order valence-corrected chi connectivity index (χ0v) is 17.0. The van der Waals surface area contributed by atoms with Gasteiger partial charge in [0.2, 0.25) is 5.91 Å². The molecule has 0 saturated carbocycles. The Bertz CT molecular complexity index is 890. The van der Waals surface area contributed by atoms with Crippen molar-refractivity contribution >= 4 is 5.91 Å². The van der Waals surface area contributed by atoms with Crippen LogP contribution in [0.3, 0.4) is 0 Å². The van der Waals surface area contributed by atoms with Crippen molar-refractivity contribution in [2.24, 2.45) is 0 Å². The van der Waals surface area contributed by atoms with Crippen molar-refractivity contribution in [2.75, 3.05) is 6.54 Å². The van der Waals surface area contributed by atoms with E-state index in [2.05, 4.69) is 45.3 Å². The summed E-state index contributed by atoms with van der Waals surface area (Å²) in [6, 6.07) is 8.86. The predicted molar refractivity (Wildman–Crippen MR) is 110 cm³/mol. The van der Waals surface area contributed by atoms with Gasteiger partial charge in [0, 0.05) is 30.4 Å². The van der Waals surface area contributed by atoms with Crippen LogP contribution < -0.4 is 10.9 Å². The van der Waals surface area contributed by atoms with Crippen molar-refractivity contribution in [1.82, 2.24) is 20.2 Å². The number of amides is 1. The molecule has 1 fully saturated rings. The van der Waals surface area contributed by atoms with Gasteiger partial charge < -0.3 is 10.3 Å². The van der Waals surface area contributed by atoms with Gasteiger partial charge in [0.15, 0.2) is 0 Å². The number of likely N-dealkylation sites (tertiary alicyclic amines) is 1. The Morgan fingerprint density at radius 1 is 1.25 bits per heavy atom. The number of aromatic nitrogens is 2. The molecule has 1 saturated heterocycles. The van der Waals surface area contributed by atoms with Gasteiger partial charge in [-0.05, 0) is 51.3 Å². The molecule has 1 atom stereocenters. The van der Waals surface area contributed by atoms with Crippen LogP contribution in [-0.2, 0) is 24.3 Å². The van der Waals surface area contributed by atoms with Gasteiger partial charge in [-0.3, -0.25) is 14.5 Å². The van der Waals surface area contributed by atoms with E-state index in [9.17, 15) is 9.59 Å². The molecule has 1 aromatic carbocycles. The molecule has 1 aromatic heterocycles. The zero-order valence-electron chi connectivity index (χ0n) is 17.0. The average Bonchev–Trinajstić information content (AvgIpc) is 2.66. The summed E-state index contributed by atoms with van der Waals surface area (Å²) in [4.78, 5) is 34.0. The molecular formula is C22H30N4O2. The minimum atomic E-state index is -0.236. The summed E-state index contributed by atoms with van der Waals surface area (Å²) in [6.45, 7) is 8.29. The molecule has 28 heavy (non-hydrogen) atoms. The van der Waals surface area contributed by atoms with E-state index < -0.39 is 0 Å². The molecule has 0 spiro atoms. The van der Waals surface area contributed by atoms with Crippen LogP contribution in [0.4, 0.5) is 0 Å². The van der Waals surface area contributed by atoms with Crippen LogP contribution in [0.1, 0.15) is 54.4 Å². The largest absolute Gasteiger partial charge is 0.352 e. The van der Waals surface area contributed by atoms with E-state index in [0.717, 1.165) is 18.7 Å². The Morgan fingerprint density at radius 3 is 2.71 bits per heavy atom. The fourth-order valence-electron chi connectivity index (χ4n) is 3.87. The summed E-state index contributed by atoms with van der Waals surface area (Å²) in [5, 5.41) is 2.97. The molecule has 1 amide bonds. The van der Waals surface area contributed by atoms with Crippen molar-refractivity contribution in [3.8, 4) is 0 Å². The van der Waals surface area contributed by atoms with E-state index in [0.29, 0.717) is 29.7 Å². The van der Waals surface area contributed by atoms with Crippen LogP contribution in [0.2, 0.25) is 0 Å². The number of piperidine rings is 1. The standard InChI is InChI=1S/C22H30N4O2/c1-15-8-6-7-11-26(15)14-19-10-5-4-9-18(19)13-23-21(27)12-20-16(2)24-17(3)25-22(20)28/h4-5,9-10,15H,6-8,11-14H2,1-3H3,(H,23,27)(H,24,25,28). The Kier molecular flexibility index (Phi) is 6.62. The van der Waals surface area contributed by atoms with Crippen molar-refractivity contribution in [3.05, 3.63) is 62.8 Å². The molecule has 2 N–H and O–H groups in total. The number of carbonyl (C=O) groups is 1. The second kappa shape index (κ2) is 9.15. The quantitative estimate of drug-likeness (QED) is 0.805. The molecule has 3 rings (SSSR count). The summed E-state index contributed by atoms with van der Waals surface area (Å²) in [7, 11) is 0. The highest BCUT2D eigenvalue weighted by molar-refractivity contribution is 5.78. The first-order valence-electron chi connectivity index (χ1n) is 10.1. The molecule has 1 aliphatic heterocycles. The van der Waals surface area contributed by atoms with Gasteiger partial charge in [-0.2, -0.15) is 0 Å². The maximum Gasteiger partial charge on any atom is 0.254 e. The van der Waals surface area contributed by atoms with E-state index in [4.69, 9.17) is 0 Å². The third-order valence-electron chi connectivity index (χ3n) is 5.59. The second-order valence-corrected chi connectivity index (χ2v) is 7.75. The van der Waals surface area contributed by atoms with E-state index in [1.165, 1.54) is 24.8 Å². The number of nitrogens with zero attached hydrogens (tertiary/aromatic N) is 2. The lowest BCUT2D eigenvalue weighted by Crippen LogP contribution is -2.37. The summed E-state index contributed by atoms with van der Waals surface area (Å²) < 4.78 is 0. The van der Waals surface area contributed by atoms with E-state index in [1.54, 1.807) is 13.8 Å². The average molecular weight is 383 g/mol. The molecule has 2 heterocycles. The number of nitrogens with one attached hydrogen (secondary N) is 2. The number of benzene rings is 1. The second-order valence-electron chi connectivity index (χ2n) is 7.75. The number of rotatable bonds is 6. The maximum atomic E-state index is 12.4. The smallest absolute Gasteiger partial charge is 0.254 e. The van der Waals surface area contributed by atoms with Crippen molar-refractivity contribution in [1.29, 1.82) is 0 Å². The molecule has 1 aliphatic rings. The van der Waals surface area contributed by atoms with Gasteiger partial charge >= 0.3 is 0 Å². The number of carbonyl (C=O) groups excluding carboxylic acids is 1. The number of hydrogen-bond acceptors (Lipinski definition) is 4. The Balaban J connectivity index is 1.63. The van der Waals surface area contributed by atoms with Crippen molar-refractivity contribution in [3.63, 3.8) is 0 Å². The zero-order chi connectivity index (χ0) is 20.1. The Morgan fingerprint density at radius 2 is 2.00 bits per heavy atom. The molecule has 6 nitrogen and oxygen atoms in total. The highest BCUT2D eigenvalue weighted by Crippen LogP contribution is 2.20. The highest BCUT2D eigenvalue weighted by Gasteiger charge is 2.19. The summed E-state index contributed by atoms with van der Waals surface area (Å²) in [5.74, 6) is 0.396. The topological polar surface area (TPSA) is 78.1 Å². The monoisotopic (exact) mass is 382 g/mol. The van der Waals surface area contributed by atoms with Gasteiger partial charge in [-0.1, -0.05) is 30.7 Å². The fraction of sp³-hybridized carbons (Fsp3) is 0.500. The molecular weight excluding hydrogens is 352 g/mol. The molecule has 0 bridgehead atoms. The first-order valence-corrected chi connectivity index (χ1v) is 10.1. The summed E-state index contributed by atoms with van der Waals surface area (Å²) >= 11 is 0. The molecule has 2 aromatic rings. The Labute approximate surface area is 166 Å². The molecule has 150 valence electrons. The van der Waals surface area contributed by atoms with E-state index in [-0.39, 0.29) is 17.9 Å². The van der Waals surface area contributed by atoms with Crippen LogP contribution in [0.5, 0.6) is 0 Å². The van der Waals surface area contributed by atoms with Gasteiger partial charge in [0.25, 0.3) is 5.56 Å². The van der Waals surface area contributed by atoms with Gasteiger partial charge in [-0.25, -0.2) is 4.98 Å². The molecule has 6 heteroatoms. The van der Waals surface area contributed by atoms with Crippen LogP contribution in [0.25, 0.3) is 0 Å². The first kappa shape index (κ1) is 20.3. The Hall–Kier alpha value is -2.47. The van der Waals surface area contributed by atoms with E-state index in [1.807, 2.05) is 6.07 Å².